The van der Waals surface area contributed by atoms with Gasteiger partial charge >= 0.3 is 0 Å². The first kappa shape index (κ1) is 18.9. The van der Waals surface area contributed by atoms with Crippen LogP contribution in [0.15, 0.2) is 48.5 Å². The SMILES string of the molecule is Cc1ccc(CN(C(=O)Cc2ccc(Cl)cc2)C2CCS(=O)(=O)C2)cc1. The minimum atomic E-state index is -3.06. The number of halogens is 1. The molecule has 1 fully saturated rings. The van der Waals surface area contributed by atoms with Crippen LogP contribution in [0.2, 0.25) is 5.02 Å². The molecule has 0 radical (unpaired) electrons. The summed E-state index contributed by atoms with van der Waals surface area (Å²) in [5, 5.41) is 0.625. The summed E-state index contributed by atoms with van der Waals surface area (Å²) in [6, 6.07) is 14.9. The number of carbonyl (C=O) groups excluding carboxylic acids is 1. The van der Waals surface area contributed by atoms with Gasteiger partial charge in [-0.25, -0.2) is 8.42 Å². The van der Waals surface area contributed by atoms with Crippen LogP contribution in [-0.2, 0) is 27.6 Å². The van der Waals surface area contributed by atoms with E-state index in [1.807, 2.05) is 43.3 Å². The molecule has 1 aliphatic heterocycles. The Morgan fingerprint density at radius 1 is 1.08 bits per heavy atom. The molecular weight excluding hydrogens is 370 g/mol. The van der Waals surface area contributed by atoms with Crippen LogP contribution in [0.4, 0.5) is 0 Å². The Labute approximate surface area is 159 Å². The molecule has 0 aromatic heterocycles. The molecule has 0 bridgehead atoms. The number of rotatable bonds is 5. The Morgan fingerprint density at radius 2 is 1.69 bits per heavy atom. The van der Waals surface area contributed by atoms with Gasteiger partial charge in [0.05, 0.1) is 17.9 Å². The third-order valence-corrected chi connectivity index (χ3v) is 6.71. The van der Waals surface area contributed by atoms with E-state index in [1.54, 1.807) is 17.0 Å². The number of aryl methyl sites for hydroxylation is 1. The summed E-state index contributed by atoms with van der Waals surface area (Å²) >= 11 is 5.90. The Balaban J connectivity index is 1.80. The van der Waals surface area contributed by atoms with E-state index in [0.717, 1.165) is 16.7 Å². The fraction of sp³-hybridized carbons (Fsp3) is 0.350. The van der Waals surface area contributed by atoms with Gasteiger partial charge in [-0.15, -0.1) is 0 Å². The predicted molar refractivity (Wildman–Crippen MR) is 104 cm³/mol. The van der Waals surface area contributed by atoms with Crippen LogP contribution in [0, 0.1) is 6.92 Å². The van der Waals surface area contributed by atoms with E-state index in [9.17, 15) is 13.2 Å². The van der Waals surface area contributed by atoms with Crippen molar-refractivity contribution in [2.24, 2.45) is 0 Å². The lowest BCUT2D eigenvalue weighted by atomic mass is 10.1. The Hall–Kier alpha value is -1.85. The average molecular weight is 392 g/mol. The first-order valence-corrected chi connectivity index (χ1v) is 10.8. The van der Waals surface area contributed by atoms with Gasteiger partial charge in [-0.3, -0.25) is 4.79 Å². The monoisotopic (exact) mass is 391 g/mol. The topological polar surface area (TPSA) is 54.5 Å². The number of nitrogens with zero attached hydrogens (tertiary/aromatic N) is 1. The molecule has 26 heavy (non-hydrogen) atoms. The van der Waals surface area contributed by atoms with Gasteiger partial charge in [-0.1, -0.05) is 53.6 Å². The summed E-state index contributed by atoms with van der Waals surface area (Å²) in [6.45, 7) is 2.43. The number of amides is 1. The van der Waals surface area contributed by atoms with E-state index >= 15 is 0 Å². The van der Waals surface area contributed by atoms with Gasteiger partial charge in [-0.2, -0.15) is 0 Å². The molecule has 1 amide bonds. The zero-order chi connectivity index (χ0) is 18.7. The molecule has 1 saturated heterocycles. The number of sulfone groups is 1. The minimum Gasteiger partial charge on any atom is -0.334 e. The van der Waals surface area contributed by atoms with Crippen LogP contribution in [0.3, 0.4) is 0 Å². The lowest BCUT2D eigenvalue weighted by Crippen LogP contribution is -2.41. The molecule has 4 nitrogen and oxygen atoms in total. The maximum atomic E-state index is 13.0. The second-order valence-corrected chi connectivity index (χ2v) is 9.53. The maximum absolute atomic E-state index is 13.0. The summed E-state index contributed by atoms with van der Waals surface area (Å²) < 4.78 is 23.8. The second-order valence-electron chi connectivity index (χ2n) is 6.87. The van der Waals surface area contributed by atoms with Crippen molar-refractivity contribution in [2.75, 3.05) is 11.5 Å². The third kappa shape index (κ3) is 4.86. The molecular formula is C20H22ClNO3S. The van der Waals surface area contributed by atoms with Crippen LogP contribution in [-0.4, -0.2) is 36.8 Å². The van der Waals surface area contributed by atoms with Crippen molar-refractivity contribution < 1.29 is 13.2 Å². The van der Waals surface area contributed by atoms with E-state index in [-0.39, 0.29) is 29.9 Å². The average Bonchev–Trinajstić information content (AvgIpc) is 2.96. The highest BCUT2D eigenvalue weighted by Crippen LogP contribution is 2.22. The zero-order valence-electron chi connectivity index (χ0n) is 14.7. The summed E-state index contributed by atoms with van der Waals surface area (Å²) in [4.78, 5) is 14.7. The van der Waals surface area contributed by atoms with Crippen LogP contribution in [0.25, 0.3) is 0 Å². The van der Waals surface area contributed by atoms with Crippen LogP contribution >= 0.6 is 11.6 Å². The Morgan fingerprint density at radius 3 is 2.27 bits per heavy atom. The molecule has 3 rings (SSSR count). The lowest BCUT2D eigenvalue weighted by molar-refractivity contribution is -0.133. The molecule has 1 heterocycles. The van der Waals surface area contributed by atoms with Crippen LogP contribution in [0.1, 0.15) is 23.1 Å². The second kappa shape index (κ2) is 7.80. The summed E-state index contributed by atoms with van der Waals surface area (Å²) in [7, 11) is -3.06. The molecule has 2 aromatic carbocycles. The molecule has 1 unspecified atom stereocenters. The molecule has 0 N–H and O–H groups in total. The van der Waals surface area contributed by atoms with Gasteiger partial charge < -0.3 is 4.90 Å². The van der Waals surface area contributed by atoms with Gasteiger partial charge in [0.15, 0.2) is 9.84 Å². The molecule has 1 aliphatic rings. The van der Waals surface area contributed by atoms with E-state index in [4.69, 9.17) is 11.6 Å². The van der Waals surface area contributed by atoms with Crippen molar-refractivity contribution in [3.05, 3.63) is 70.2 Å². The van der Waals surface area contributed by atoms with E-state index in [1.165, 1.54) is 0 Å². The van der Waals surface area contributed by atoms with Crippen molar-refractivity contribution in [3.8, 4) is 0 Å². The van der Waals surface area contributed by atoms with Crippen LogP contribution < -0.4 is 0 Å². The molecule has 0 spiro atoms. The Bertz CT molecular complexity index is 876. The van der Waals surface area contributed by atoms with Crippen molar-refractivity contribution in [3.63, 3.8) is 0 Å². The molecule has 6 heteroatoms. The Kier molecular flexibility index (Phi) is 5.68. The molecule has 138 valence electrons. The summed E-state index contributed by atoms with van der Waals surface area (Å²) in [5.41, 5.74) is 3.02. The number of benzene rings is 2. The predicted octanol–water partition coefficient (Wildman–Crippen LogP) is 3.41. The molecule has 0 aliphatic carbocycles. The highest BCUT2D eigenvalue weighted by atomic mass is 35.5. The fourth-order valence-corrected chi connectivity index (χ4v) is 5.07. The summed E-state index contributed by atoms with van der Waals surface area (Å²) in [6.07, 6.45) is 0.736. The van der Waals surface area contributed by atoms with Crippen molar-refractivity contribution in [1.29, 1.82) is 0 Å². The summed E-state index contributed by atoms with van der Waals surface area (Å²) in [5.74, 6) is 0.136. The van der Waals surface area contributed by atoms with Crippen molar-refractivity contribution in [2.45, 2.75) is 32.4 Å². The van der Waals surface area contributed by atoms with Gasteiger partial charge in [0.25, 0.3) is 0 Å². The van der Waals surface area contributed by atoms with Gasteiger partial charge in [0, 0.05) is 17.6 Å². The standard InChI is InChI=1S/C20H22ClNO3S/c1-15-2-4-17(5-3-15)13-22(19-10-11-26(24,25)14-19)20(23)12-16-6-8-18(21)9-7-16/h2-9,19H,10-14H2,1H3. The molecule has 1 atom stereocenters. The van der Waals surface area contributed by atoms with Gasteiger partial charge in [0.1, 0.15) is 0 Å². The molecule has 2 aromatic rings. The minimum absolute atomic E-state index is 0.0468. The number of hydrogen-bond donors (Lipinski definition) is 0. The van der Waals surface area contributed by atoms with E-state index in [0.29, 0.717) is 18.0 Å². The largest absolute Gasteiger partial charge is 0.334 e. The highest BCUT2D eigenvalue weighted by molar-refractivity contribution is 7.91. The van der Waals surface area contributed by atoms with Crippen molar-refractivity contribution in [1.82, 2.24) is 4.90 Å². The van der Waals surface area contributed by atoms with E-state index in [2.05, 4.69) is 0 Å². The van der Waals surface area contributed by atoms with Crippen LogP contribution in [0.5, 0.6) is 0 Å². The maximum Gasteiger partial charge on any atom is 0.227 e. The molecule has 0 saturated carbocycles. The number of carbonyl (C=O) groups is 1. The van der Waals surface area contributed by atoms with Gasteiger partial charge in [-0.05, 0) is 36.6 Å². The number of hydrogen-bond acceptors (Lipinski definition) is 3. The van der Waals surface area contributed by atoms with Gasteiger partial charge in [0.2, 0.25) is 5.91 Å². The third-order valence-electron chi connectivity index (χ3n) is 4.71. The quantitative estimate of drug-likeness (QED) is 0.784. The first-order valence-electron chi connectivity index (χ1n) is 8.62. The zero-order valence-corrected chi connectivity index (χ0v) is 16.3. The lowest BCUT2D eigenvalue weighted by Gasteiger charge is -2.28. The first-order chi connectivity index (χ1) is 12.3. The highest BCUT2D eigenvalue weighted by Gasteiger charge is 2.34. The normalized spacial score (nSPS) is 18.6. The smallest absolute Gasteiger partial charge is 0.227 e. The van der Waals surface area contributed by atoms with E-state index < -0.39 is 9.84 Å². The fourth-order valence-electron chi connectivity index (χ4n) is 3.21. The van der Waals surface area contributed by atoms with Crippen molar-refractivity contribution >= 4 is 27.3 Å².